The first-order valence-electron chi connectivity index (χ1n) is 9.61. The Labute approximate surface area is 159 Å². The number of carbonyl (C=O) groups is 1. The Balaban J connectivity index is 1.35. The number of piperazine rings is 1. The molecule has 6 nitrogen and oxygen atoms in total. The molecule has 0 atom stereocenters. The Bertz CT molecular complexity index is 913. The summed E-state index contributed by atoms with van der Waals surface area (Å²) < 4.78 is 2.15. The van der Waals surface area contributed by atoms with E-state index in [1.807, 2.05) is 30.5 Å². The van der Waals surface area contributed by atoms with Crippen molar-refractivity contribution in [3.8, 4) is 0 Å². The maximum Gasteiger partial charge on any atom is 0.225 e. The van der Waals surface area contributed by atoms with Crippen LogP contribution >= 0.6 is 0 Å². The molecule has 1 aliphatic rings. The van der Waals surface area contributed by atoms with E-state index in [1.165, 1.54) is 0 Å². The summed E-state index contributed by atoms with van der Waals surface area (Å²) in [5, 5.41) is 1.07. The van der Waals surface area contributed by atoms with Crippen molar-refractivity contribution < 1.29 is 4.79 Å². The number of carbonyl (C=O) groups excluding carboxylic acids is 1. The predicted molar refractivity (Wildman–Crippen MR) is 107 cm³/mol. The lowest BCUT2D eigenvalue weighted by Gasteiger charge is -2.34. The molecule has 4 rings (SSSR count). The van der Waals surface area contributed by atoms with Gasteiger partial charge in [-0.25, -0.2) is 9.97 Å². The summed E-state index contributed by atoms with van der Waals surface area (Å²) in [6.45, 7) is 7.44. The number of ketones is 1. The maximum atomic E-state index is 12.8. The lowest BCUT2D eigenvalue weighted by molar-refractivity contribution is 0.0964. The molecule has 6 heteroatoms. The van der Waals surface area contributed by atoms with Crippen LogP contribution in [0.25, 0.3) is 10.9 Å². The van der Waals surface area contributed by atoms with E-state index >= 15 is 0 Å². The van der Waals surface area contributed by atoms with Gasteiger partial charge in [0.2, 0.25) is 5.95 Å². The normalized spacial score (nSPS) is 15.4. The van der Waals surface area contributed by atoms with E-state index in [2.05, 4.69) is 37.3 Å². The highest BCUT2D eigenvalue weighted by molar-refractivity contribution is 6.08. The quantitative estimate of drug-likeness (QED) is 0.631. The Morgan fingerprint density at radius 2 is 1.78 bits per heavy atom. The van der Waals surface area contributed by atoms with E-state index in [0.717, 1.165) is 61.7 Å². The second-order valence-electron chi connectivity index (χ2n) is 6.90. The molecule has 1 fully saturated rings. The molecule has 3 aromatic rings. The van der Waals surface area contributed by atoms with E-state index in [9.17, 15) is 4.79 Å². The minimum atomic E-state index is 0.229. The van der Waals surface area contributed by atoms with E-state index in [1.54, 1.807) is 12.4 Å². The number of benzene rings is 1. The van der Waals surface area contributed by atoms with E-state index in [-0.39, 0.29) is 5.78 Å². The molecule has 0 radical (unpaired) electrons. The fourth-order valence-electron chi connectivity index (χ4n) is 3.75. The van der Waals surface area contributed by atoms with E-state index in [0.29, 0.717) is 6.42 Å². The zero-order valence-electron chi connectivity index (χ0n) is 15.7. The smallest absolute Gasteiger partial charge is 0.225 e. The fraction of sp³-hybridized carbons (Fsp3) is 0.381. The number of Topliss-reactive ketones (excluding diaryl/α,β-unsaturated/α-hetero) is 1. The first kappa shape index (κ1) is 17.7. The summed E-state index contributed by atoms with van der Waals surface area (Å²) in [5.74, 6) is 1.02. The minimum absolute atomic E-state index is 0.229. The van der Waals surface area contributed by atoms with Gasteiger partial charge in [-0.2, -0.15) is 0 Å². The second-order valence-corrected chi connectivity index (χ2v) is 6.90. The third kappa shape index (κ3) is 3.71. The summed E-state index contributed by atoms with van der Waals surface area (Å²) in [6, 6.07) is 10.00. The maximum absolute atomic E-state index is 12.8. The van der Waals surface area contributed by atoms with Crippen molar-refractivity contribution in [3.05, 3.63) is 54.5 Å². The van der Waals surface area contributed by atoms with Gasteiger partial charge >= 0.3 is 0 Å². The van der Waals surface area contributed by atoms with Gasteiger partial charge in [-0.3, -0.25) is 9.69 Å². The van der Waals surface area contributed by atoms with Crippen molar-refractivity contribution in [1.29, 1.82) is 0 Å². The van der Waals surface area contributed by atoms with Crippen molar-refractivity contribution in [3.63, 3.8) is 0 Å². The van der Waals surface area contributed by atoms with Gasteiger partial charge in [-0.1, -0.05) is 18.2 Å². The third-order valence-electron chi connectivity index (χ3n) is 5.29. The summed E-state index contributed by atoms with van der Waals surface area (Å²) in [6.07, 6.45) is 6.12. The Kier molecular flexibility index (Phi) is 5.16. The van der Waals surface area contributed by atoms with Crippen LogP contribution < -0.4 is 4.90 Å². The van der Waals surface area contributed by atoms with Crippen LogP contribution in [0.15, 0.2) is 48.9 Å². The number of aryl methyl sites for hydroxylation is 1. The molecule has 0 spiro atoms. The highest BCUT2D eigenvalue weighted by Gasteiger charge is 2.20. The van der Waals surface area contributed by atoms with Gasteiger partial charge in [-0.15, -0.1) is 0 Å². The van der Waals surface area contributed by atoms with Crippen LogP contribution in [0.1, 0.15) is 23.7 Å². The van der Waals surface area contributed by atoms with Crippen LogP contribution in [0.2, 0.25) is 0 Å². The number of aromatic nitrogens is 3. The summed E-state index contributed by atoms with van der Waals surface area (Å²) >= 11 is 0. The molecule has 0 unspecified atom stereocenters. The molecule has 1 aliphatic heterocycles. The highest BCUT2D eigenvalue weighted by atomic mass is 16.1. The largest absolute Gasteiger partial charge is 0.347 e. The number of nitrogens with zero attached hydrogens (tertiary/aromatic N) is 5. The number of hydrogen-bond donors (Lipinski definition) is 0. The van der Waals surface area contributed by atoms with Crippen LogP contribution in [-0.4, -0.2) is 57.9 Å². The topological polar surface area (TPSA) is 54.3 Å². The van der Waals surface area contributed by atoms with E-state index in [4.69, 9.17) is 0 Å². The lowest BCUT2D eigenvalue weighted by atomic mass is 10.1. The molecule has 27 heavy (non-hydrogen) atoms. The molecular weight excluding hydrogens is 338 g/mol. The van der Waals surface area contributed by atoms with Gasteiger partial charge in [-0.05, 0) is 19.1 Å². The van der Waals surface area contributed by atoms with Crippen LogP contribution in [0, 0.1) is 0 Å². The van der Waals surface area contributed by atoms with Gasteiger partial charge in [0, 0.05) is 80.7 Å². The number of hydrogen-bond acceptors (Lipinski definition) is 5. The Hall–Kier alpha value is -2.73. The lowest BCUT2D eigenvalue weighted by Crippen LogP contribution is -2.47. The summed E-state index contributed by atoms with van der Waals surface area (Å²) in [5.41, 5.74) is 1.99. The van der Waals surface area contributed by atoms with Crippen LogP contribution in [0.3, 0.4) is 0 Å². The average molecular weight is 363 g/mol. The molecule has 1 aromatic carbocycles. The molecular formula is C21H25N5O. The van der Waals surface area contributed by atoms with Crippen molar-refractivity contribution in [2.24, 2.45) is 0 Å². The second kappa shape index (κ2) is 7.88. The average Bonchev–Trinajstić information content (AvgIpc) is 3.12. The minimum Gasteiger partial charge on any atom is -0.347 e. The summed E-state index contributed by atoms with van der Waals surface area (Å²) in [4.78, 5) is 26.0. The standard InChI is InChI=1S/C21H25N5O/c1-2-25-16-18(17-6-3-4-7-19(17)25)20(27)8-11-24-12-14-26(15-13-24)21-22-9-5-10-23-21/h3-7,9-10,16H,2,8,11-15H2,1H3. The Morgan fingerprint density at radius 3 is 2.52 bits per heavy atom. The van der Waals surface area contributed by atoms with Crippen molar-refractivity contribution in [2.75, 3.05) is 37.6 Å². The predicted octanol–water partition coefficient (Wildman–Crippen LogP) is 2.85. The SMILES string of the molecule is CCn1cc(C(=O)CCN2CCN(c3ncccn3)CC2)c2ccccc21. The molecule has 2 aromatic heterocycles. The van der Waals surface area contributed by atoms with Gasteiger partial charge in [0.05, 0.1) is 0 Å². The van der Waals surface area contributed by atoms with Gasteiger partial charge in [0.25, 0.3) is 0 Å². The third-order valence-corrected chi connectivity index (χ3v) is 5.29. The zero-order valence-corrected chi connectivity index (χ0v) is 15.7. The number of fused-ring (bicyclic) bond motifs is 1. The number of para-hydroxylation sites is 1. The summed E-state index contributed by atoms with van der Waals surface area (Å²) in [7, 11) is 0. The Morgan fingerprint density at radius 1 is 1.04 bits per heavy atom. The molecule has 0 amide bonds. The van der Waals surface area contributed by atoms with Crippen LogP contribution in [0.5, 0.6) is 0 Å². The number of rotatable bonds is 6. The molecule has 3 heterocycles. The molecule has 0 N–H and O–H groups in total. The molecule has 0 bridgehead atoms. The van der Waals surface area contributed by atoms with Gasteiger partial charge in [0.1, 0.15) is 0 Å². The molecule has 1 saturated heterocycles. The van der Waals surface area contributed by atoms with Crippen molar-refractivity contribution in [1.82, 2.24) is 19.4 Å². The highest BCUT2D eigenvalue weighted by Crippen LogP contribution is 2.23. The monoisotopic (exact) mass is 363 g/mol. The van der Waals surface area contributed by atoms with Gasteiger partial charge < -0.3 is 9.47 Å². The van der Waals surface area contributed by atoms with Gasteiger partial charge in [0.15, 0.2) is 5.78 Å². The number of anilines is 1. The van der Waals surface area contributed by atoms with Crippen molar-refractivity contribution in [2.45, 2.75) is 19.9 Å². The van der Waals surface area contributed by atoms with E-state index < -0.39 is 0 Å². The van der Waals surface area contributed by atoms with Crippen molar-refractivity contribution >= 4 is 22.6 Å². The fourth-order valence-corrected chi connectivity index (χ4v) is 3.75. The zero-order chi connectivity index (χ0) is 18.6. The molecule has 140 valence electrons. The molecule has 0 aliphatic carbocycles. The van der Waals surface area contributed by atoms with Crippen LogP contribution in [0.4, 0.5) is 5.95 Å². The first-order valence-corrected chi connectivity index (χ1v) is 9.61. The first-order chi connectivity index (χ1) is 13.3. The van der Waals surface area contributed by atoms with Crippen LogP contribution in [-0.2, 0) is 6.54 Å². The molecule has 0 saturated carbocycles.